The number of hydrogen-bond acceptors (Lipinski definition) is 4. The second-order valence-corrected chi connectivity index (χ2v) is 6.18. The maximum absolute atomic E-state index is 12.2. The SMILES string of the molecule is CC(=O)NCCc1ccc(C(=O)COC(=O)c2cccc(C)c2C)cc1. The minimum Gasteiger partial charge on any atom is -0.454 e. The van der Waals surface area contributed by atoms with Crippen LogP contribution in [0.4, 0.5) is 0 Å². The zero-order valence-electron chi connectivity index (χ0n) is 15.3. The molecule has 26 heavy (non-hydrogen) atoms. The van der Waals surface area contributed by atoms with Gasteiger partial charge in [-0.1, -0.05) is 36.4 Å². The first-order chi connectivity index (χ1) is 12.4. The van der Waals surface area contributed by atoms with Crippen LogP contribution in [0.1, 0.15) is 44.3 Å². The van der Waals surface area contributed by atoms with Gasteiger partial charge < -0.3 is 10.1 Å². The second kappa shape index (κ2) is 8.94. The van der Waals surface area contributed by atoms with E-state index >= 15 is 0 Å². The summed E-state index contributed by atoms with van der Waals surface area (Å²) in [4.78, 5) is 35.2. The molecule has 0 atom stereocenters. The van der Waals surface area contributed by atoms with Crippen LogP contribution in [0.2, 0.25) is 0 Å². The lowest BCUT2D eigenvalue weighted by molar-refractivity contribution is -0.118. The topological polar surface area (TPSA) is 72.5 Å². The summed E-state index contributed by atoms with van der Waals surface area (Å²) in [6.45, 7) is 5.51. The third kappa shape index (κ3) is 5.28. The van der Waals surface area contributed by atoms with E-state index in [9.17, 15) is 14.4 Å². The van der Waals surface area contributed by atoms with Gasteiger partial charge >= 0.3 is 5.97 Å². The first kappa shape index (κ1) is 19.4. The van der Waals surface area contributed by atoms with Crippen molar-refractivity contribution >= 4 is 17.7 Å². The number of nitrogens with one attached hydrogen (secondary N) is 1. The van der Waals surface area contributed by atoms with Crippen molar-refractivity contribution in [1.29, 1.82) is 0 Å². The Kier molecular flexibility index (Phi) is 6.67. The van der Waals surface area contributed by atoms with Crippen LogP contribution in [-0.4, -0.2) is 30.8 Å². The Morgan fingerprint density at radius 2 is 1.69 bits per heavy atom. The molecule has 2 aromatic rings. The summed E-state index contributed by atoms with van der Waals surface area (Å²) in [5.74, 6) is -0.814. The Morgan fingerprint density at radius 3 is 2.35 bits per heavy atom. The molecule has 0 bridgehead atoms. The number of esters is 1. The maximum atomic E-state index is 12.2. The van der Waals surface area contributed by atoms with E-state index in [0.29, 0.717) is 24.1 Å². The van der Waals surface area contributed by atoms with Gasteiger partial charge in [0, 0.05) is 19.0 Å². The van der Waals surface area contributed by atoms with Gasteiger partial charge in [0.1, 0.15) is 0 Å². The molecular formula is C21H23NO4. The summed E-state index contributed by atoms with van der Waals surface area (Å²) in [5, 5.41) is 2.72. The number of carbonyl (C=O) groups is 3. The van der Waals surface area contributed by atoms with Crippen LogP contribution in [0.3, 0.4) is 0 Å². The van der Waals surface area contributed by atoms with Gasteiger partial charge in [-0.3, -0.25) is 9.59 Å². The van der Waals surface area contributed by atoms with Gasteiger partial charge in [0.05, 0.1) is 5.56 Å². The predicted molar refractivity (Wildman–Crippen MR) is 99.4 cm³/mol. The number of ether oxygens (including phenoxy) is 1. The Morgan fingerprint density at radius 1 is 1.00 bits per heavy atom. The normalized spacial score (nSPS) is 10.3. The third-order valence-electron chi connectivity index (χ3n) is 4.22. The smallest absolute Gasteiger partial charge is 0.338 e. The van der Waals surface area contributed by atoms with Gasteiger partial charge in [0.25, 0.3) is 0 Å². The summed E-state index contributed by atoms with van der Waals surface area (Å²) in [6.07, 6.45) is 0.690. The minimum atomic E-state index is -0.494. The lowest BCUT2D eigenvalue weighted by atomic mass is 10.0. The Bertz CT molecular complexity index is 809. The van der Waals surface area contributed by atoms with E-state index in [1.54, 1.807) is 24.3 Å². The Balaban J connectivity index is 1.90. The molecule has 2 rings (SSSR count). The average molecular weight is 353 g/mol. The molecule has 1 N–H and O–H groups in total. The molecule has 0 saturated heterocycles. The van der Waals surface area contributed by atoms with Gasteiger partial charge in [-0.15, -0.1) is 0 Å². The minimum absolute atomic E-state index is 0.0672. The second-order valence-electron chi connectivity index (χ2n) is 6.18. The van der Waals surface area contributed by atoms with Crippen molar-refractivity contribution in [2.75, 3.05) is 13.2 Å². The van der Waals surface area contributed by atoms with E-state index in [1.807, 2.05) is 32.0 Å². The molecule has 0 fully saturated rings. The maximum Gasteiger partial charge on any atom is 0.338 e. The summed E-state index contributed by atoms with van der Waals surface area (Å²) in [7, 11) is 0. The van der Waals surface area contributed by atoms with Crippen LogP contribution in [-0.2, 0) is 16.0 Å². The summed E-state index contributed by atoms with van der Waals surface area (Å²) >= 11 is 0. The molecule has 2 aromatic carbocycles. The number of benzene rings is 2. The monoisotopic (exact) mass is 353 g/mol. The molecule has 5 nitrogen and oxygen atoms in total. The fourth-order valence-corrected chi connectivity index (χ4v) is 2.50. The van der Waals surface area contributed by atoms with E-state index in [1.165, 1.54) is 6.92 Å². The first-order valence-electron chi connectivity index (χ1n) is 8.48. The number of aryl methyl sites for hydroxylation is 1. The van der Waals surface area contributed by atoms with Crippen LogP contribution in [0.15, 0.2) is 42.5 Å². The van der Waals surface area contributed by atoms with Crippen molar-refractivity contribution in [2.45, 2.75) is 27.2 Å². The van der Waals surface area contributed by atoms with Gasteiger partial charge in [-0.2, -0.15) is 0 Å². The zero-order chi connectivity index (χ0) is 19.1. The number of rotatable bonds is 7. The van der Waals surface area contributed by atoms with Gasteiger partial charge in [0.15, 0.2) is 12.4 Å². The Hall–Kier alpha value is -2.95. The quantitative estimate of drug-likeness (QED) is 0.613. The average Bonchev–Trinajstić information content (AvgIpc) is 2.62. The molecule has 0 spiro atoms. The molecule has 0 radical (unpaired) electrons. The van der Waals surface area contributed by atoms with E-state index in [2.05, 4.69) is 5.32 Å². The number of amides is 1. The van der Waals surface area contributed by atoms with Crippen LogP contribution in [0.5, 0.6) is 0 Å². The van der Waals surface area contributed by atoms with Crippen molar-refractivity contribution < 1.29 is 19.1 Å². The largest absolute Gasteiger partial charge is 0.454 e. The van der Waals surface area contributed by atoms with Gasteiger partial charge in [-0.05, 0) is 43.0 Å². The lowest BCUT2D eigenvalue weighted by Crippen LogP contribution is -2.22. The van der Waals surface area contributed by atoms with E-state index in [0.717, 1.165) is 16.7 Å². The molecule has 0 aliphatic rings. The highest BCUT2D eigenvalue weighted by atomic mass is 16.5. The molecule has 0 aliphatic carbocycles. The third-order valence-corrected chi connectivity index (χ3v) is 4.22. The van der Waals surface area contributed by atoms with Gasteiger partial charge in [-0.25, -0.2) is 4.79 Å². The highest BCUT2D eigenvalue weighted by molar-refractivity contribution is 5.99. The number of Topliss-reactive ketones (excluding diaryl/α,β-unsaturated/α-hetero) is 1. The first-order valence-corrected chi connectivity index (χ1v) is 8.48. The molecule has 1 amide bonds. The molecule has 5 heteroatoms. The molecule has 0 aromatic heterocycles. The van der Waals surface area contributed by atoms with Crippen molar-refractivity contribution in [1.82, 2.24) is 5.32 Å². The summed E-state index contributed by atoms with van der Waals surface area (Å²) in [6, 6.07) is 12.5. The van der Waals surface area contributed by atoms with Crippen LogP contribution in [0.25, 0.3) is 0 Å². The van der Waals surface area contributed by atoms with Crippen molar-refractivity contribution in [3.05, 3.63) is 70.3 Å². The Labute approximate surface area is 153 Å². The molecule has 0 saturated carbocycles. The van der Waals surface area contributed by atoms with Crippen molar-refractivity contribution in [2.24, 2.45) is 0 Å². The van der Waals surface area contributed by atoms with E-state index < -0.39 is 5.97 Å². The zero-order valence-corrected chi connectivity index (χ0v) is 15.3. The van der Waals surface area contributed by atoms with Crippen molar-refractivity contribution in [3.63, 3.8) is 0 Å². The molecular weight excluding hydrogens is 330 g/mol. The van der Waals surface area contributed by atoms with Crippen LogP contribution >= 0.6 is 0 Å². The molecule has 0 aliphatic heterocycles. The van der Waals surface area contributed by atoms with Gasteiger partial charge in [0.2, 0.25) is 5.91 Å². The number of carbonyl (C=O) groups excluding carboxylic acids is 3. The highest BCUT2D eigenvalue weighted by Crippen LogP contribution is 2.14. The number of ketones is 1. The lowest BCUT2D eigenvalue weighted by Gasteiger charge is -2.09. The predicted octanol–water partition coefficient (Wildman–Crippen LogP) is 3.02. The summed E-state index contributed by atoms with van der Waals surface area (Å²) < 4.78 is 5.17. The van der Waals surface area contributed by atoms with E-state index in [-0.39, 0.29) is 18.3 Å². The molecule has 0 unspecified atom stereocenters. The highest BCUT2D eigenvalue weighted by Gasteiger charge is 2.14. The van der Waals surface area contributed by atoms with Crippen LogP contribution < -0.4 is 5.32 Å². The molecule has 0 heterocycles. The van der Waals surface area contributed by atoms with Crippen molar-refractivity contribution in [3.8, 4) is 0 Å². The fourth-order valence-electron chi connectivity index (χ4n) is 2.50. The summed E-state index contributed by atoms with van der Waals surface area (Å²) in [5.41, 5.74) is 3.84. The standard InChI is InChI=1S/C21H23NO4/c1-14-5-4-6-19(15(14)2)21(25)26-13-20(24)18-9-7-17(8-10-18)11-12-22-16(3)23/h4-10H,11-13H2,1-3H3,(H,22,23). The molecule has 136 valence electrons. The fraction of sp³-hybridized carbons (Fsp3) is 0.286. The van der Waals surface area contributed by atoms with E-state index in [4.69, 9.17) is 4.74 Å². The number of hydrogen-bond donors (Lipinski definition) is 1. The van der Waals surface area contributed by atoms with Crippen LogP contribution in [0, 0.1) is 13.8 Å².